The molecule has 0 spiro atoms. The van der Waals surface area contributed by atoms with Crippen molar-refractivity contribution in [1.82, 2.24) is 0 Å². The van der Waals surface area contributed by atoms with Crippen LogP contribution in [-0.4, -0.2) is 34.5 Å². The standard InChI is InChI=1S/C10H16O4/c1-7(11)14-10-4-2-8(12)6-9(13)3-5-10/h2,4,8-10,12-13H,3,5-6H2,1H3/b4-2+. The number of aliphatic hydroxyl groups is 2. The van der Waals surface area contributed by atoms with Crippen LogP contribution in [0.1, 0.15) is 26.2 Å². The zero-order valence-corrected chi connectivity index (χ0v) is 8.22. The Morgan fingerprint density at radius 2 is 2.07 bits per heavy atom. The number of carbonyl (C=O) groups is 1. The van der Waals surface area contributed by atoms with Gasteiger partial charge < -0.3 is 14.9 Å². The third-order valence-electron chi connectivity index (χ3n) is 2.16. The Bertz CT molecular complexity index is 224. The molecular weight excluding hydrogens is 184 g/mol. The van der Waals surface area contributed by atoms with Crippen LogP contribution < -0.4 is 0 Å². The molecule has 14 heavy (non-hydrogen) atoms. The highest BCUT2D eigenvalue weighted by Gasteiger charge is 2.17. The molecule has 3 unspecified atom stereocenters. The second-order valence-electron chi connectivity index (χ2n) is 3.57. The van der Waals surface area contributed by atoms with Crippen LogP contribution in [-0.2, 0) is 9.53 Å². The monoisotopic (exact) mass is 200 g/mol. The van der Waals surface area contributed by atoms with E-state index in [0.29, 0.717) is 19.3 Å². The molecule has 0 saturated heterocycles. The predicted molar refractivity (Wildman–Crippen MR) is 50.6 cm³/mol. The van der Waals surface area contributed by atoms with Crippen LogP contribution in [0.2, 0.25) is 0 Å². The lowest BCUT2D eigenvalue weighted by molar-refractivity contribution is -0.144. The molecule has 0 radical (unpaired) electrons. The van der Waals surface area contributed by atoms with Crippen LogP contribution in [0.25, 0.3) is 0 Å². The minimum atomic E-state index is -0.650. The largest absolute Gasteiger partial charge is 0.458 e. The summed E-state index contributed by atoms with van der Waals surface area (Å²) in [5.74, 6) is -0.343. The maximum absolute atomic E-state index is 10.7. The summed E-state index contributed by atoms with van der Waals surface area (Å²) in [5.41, 5.74) is 0. The lowest BCUT2D eigenvalue weighted by Crippen LogP contribution is -2.23. The second-order valence-corrected chi connectivity index (χ2v) is 3.57. The number of aliphatic hydroxyl groups excluding tert-OH is 2. The first-order valence-corrected chi connectivity index (χ1v) is 4.79. The van der Waals surface area contributed by atoms with E-state index in [1.54, 1.807) is 12.2 Å². The average molecular weight is 200 g/mol. The molecule has 3 atom stereocenters. The number of carbonyl (C=O) groups excluding carboxylic acids is 1. The molecule has 0 saturated carbocycles. The van der Waals surface area contributed by atoms with Crippen LogP contribution in [0.15, 0.2) is 12.2 Å². The van der Waals surface area contributed by atoms with E-state index in [4.69, 9.17) is 4.74 Å². The van der Waals surface area contributed by atoms with E-state index >= 15 is 0 Å². The van der Waals surface area contributed by atoms with E-state index in [2.05, 4.69) is 0 Å². The zero-order valence-electron chi connectivity index (χ0n) is 8.22. The Morgan fingerprint density at radius 1 is 1.36 bits per heavy atom. The van der Waals surface area contributed by atoms with Crippen molar-refractivity contribution >= 4 is 5.97 Å². The fourth-order valence-corrected chi connectivity index (χ4v) is 1.49. The van der Waals surface area contributed by atoms with Gasteiger partial charge in [-0.2, -0.15) is 0 Å². The molecule has 4 heteroatoms. The summed E-state index contributed by atoms with van der Waals surface area (Å²) >= 11 is 0. The van der Waals surface area contributed by atoms with Gasteiger partial charge in [-0.25, -0.2) is 0 Å². The van der Waals surface area contributed by atoms with Crippen LogP contribution in [0.4, 0.5) is 0 Å². The first-order chi connectivity index (χ1) is 6.58. The predicted octanol–water partition coefficient (Wildman–Crippen LogP) is 0.380. The van der Waals surface area contributed by atoms with Gasteiger partial charge in [0.2, 0.25) is 0 Å². The van der Waals surface area contributed by atoms with Crippen molar-refractivity contribution in [1.29, 1.82) is 0 Å². The van der Waals surface area contributed by atoms with Gasteiger partial charge >= 0.3 is 5.97 Å². The van der Waals surface area contributed by atoms with Gasteiger partial charge in [-0.3, -0.25) is 4.79 Å². The molecule has 0 aliphatic heterocycles. The molecule has 1 aliphatic rings. The average Bonchev–Trinajstić information content (AvgIpc) is 2.07. The minimum absolute atomic E-state index is 0.322. The maximum atomic E-state index is 10.7. The molecule has 0 bridgehead atoms. The van der Waals surface area contributed by atoms with Gasteiger partial charge in [0.1, 0.15) is 6.10 Å². The summed E-state index contributed by atoms with van der Waals surface area (Å²) in [5, 5.41) is 18.8. The molecule has 0 heterocycles. The smallest absolute Gasteiger partial charge is 0.303 e. The van der Waals surface area contributed by atoms with Crippen LogP contribution >= 0.6 is 0 Å². The highest BCUT2D eigenvalue weighted by molar-refractivity contribution is 5.66. The SMILES string of the molecule is CC(=O)OC1/C=C/C(O)CC(O)CC1. The molecule has 0 aromatic rings. The molecule has 4 nitrogen and oxygen atoms in total. The second kappa shape index (κ2) is 5.12. The summed E-state index contributed by atoms with van der Waals surface area (Å²) in [6.07, 6.45) is 3.24. The molecule has 2 N–H and O–H groups in total. The maximum Gasteiger partial charge on any atom is 0.303 e. The topological polar surface area (TPSA) is 66.8 Å². The van der Waals surface area contributed by atoms with Gasteiger partial charge in [0.05, 0.1) is 12.2 Å². The van der Waals surface area contributed by atoms with Gasteiger partial charge in [-0.1, -0.05) is 6.08 Å². The Hall–Kier alpha value is -0.870. The highest BCUT2D eigenvalue weighted by Crippen LogP contribution is 2.15. The Labute approximate surface area is 83.2 Å². The Morgan fingerprint density at radius 3 is 2.71 bits per heavy atom. The van der Waals surface area contributed by atoms with Gasteiger partial charge in [0.25, 0.3) is 0 Å². The Kier molecular flexibility index (Phi) is 4.10. The van der Waals surface area contributed by atoms with E-state index in [9.17, 15) is 15.0 Å². The van der Waals surface area contributed by atoms with Crippen molar-refractivity contribution in [2.24, 2.45) is 0 Å². The van der Waals surface area contributed by atoms with E-state index < -0.39 is 12.2 Å². The number of esters is 1. The van der Waals surface area contributed by atoms with Crippen molar-refractivity contribution in [2.45, 2.75) is 44.5 Å². The van der Waals surface area contributed by atoms with Gasteiger partial charge in [-0.05, 0) is 18.9 Å². The van der Waals surface area contributed by atoms with Crippen LogP contribution in [0.3, 0.4) is 0 Å². The van der Waals surface area contributed by atoms with Crippen molar-refractivity contribution in [3.8, 4) is 0 Å². The van der Waals surface area contributed by atoms with Crippen LogP contribution in [0, 0.1) is 0 Å². The number of hydrogen-bond donors (Lipinski definition) is 2. The van der Waals surface area contributed by atoms with Gasteiger partial charge in [0.15, 0.2) is 0 Å². The molecule has 1 aliphatic carbocycles. The van der Waals surface area contributed by atoms with Gasteiger partial charge in [0, 0.05) is 13.3 Å². The van der Waals surface area contributed by atoms with E-state index in [1.807, 2.05) is 0 Å². The van der Waals surface area contributed by atoms with Crippen molar-refractivity contribution in [2.75, 3.05) is 0 Å². The first kappa shape index (κ1) is 11.2. The lowest BCUT2D eigenvalue weighted by atomic mass is 10.00. The summed E-state index contributed by atoms with van der Waals surface area (Å²) in [7, 11) is 0. The van der Waals surface area contributed by atoms with Crippen molar-refractivity contribution in [3.63, 3.8) is 0 Å². The van der Waals surface area contributed by atoms with Crippen molar-refractivity contribution < 1.29 is 19.7 Å². The third-order valence-corrected chi connectivity index (χ3v) is 2.16. The summed E-state index contributed by atoms with van der Waals surface area (Å²) in [6.45, 7) is 1.35. The number of rotatable bonds is 1. The molecule has 0 amide bonds. The quantitative estimate of drug-likeness (QED) is 0.474. The normalized spacial score (nSPS) is 35.5. The zero-order chi connectivity index (χ0) is 10.6. The summed E-state index contributed by atoms with van der Waals surface area (Å²) in [6, 6.07) is 0. The molecule has 0 aromatic carbocycles. The summed E-state index contributed by atoms with van der Waals surface area (Å²) < 4.78 is 4.98. The highest BCUT2D eigenvalue weighted by atomic mass is 16.5. The first-order valence-electron chi connectivity index (χ1n) is 4.79. The molecule has 0 aromatic heterocycles. The molecule has 80 valence electrons. The fourth-order valence-electron chi connectivity index (χ4n) is 1.49. The molecule has 1 rings (SSSR count). The summed E-state index contributed by atoms with van der Waals surface area (Å²) in [4.78, 5) is 10.7. The van der Waals surface area contributed by atoms with Crippen molar-refractivity contribution in [3.05, 3.63) is 12.2 Å². The third kappa shape index (κ3) is 3.89. The van der Waals surface area contributed by atoms with Crippen LogP contribution in [0.5, 0.6) is 0 Å². The van der Waals surface area contributed by atoms with E-state index in [-0.39, 0.29) is 12.1 Å². The number of ether oxygens (including phenoxy) is 1. The molecule has 0 fully saturated rings. The number of hydrogen-bond acceptors (Lipinski definition) is 4. The Balaban J connectivity index is 2.55. The fraction of sp³-hybridized carbons (Fsp3) is 0.700. The van der Waals surface area contributed by atoms with E-state index in [0.717, 1.165) is 0 Å². The van der Waals surface area contributed by atoms with Gasteiger partial charge in [-0.15, -0.1) is 0 Å². The minimum Gasteiger partial charge on any atom is -0.458 e. The lowest BCUT2D eigenvalue weighted by Gasteiger charge is -2.20. The molecular formula is C10H16O4. The van der Waals surface area contributed by atoms with E-state index in [1.165, 1.54) is 6.92 Å².